The Bertz CT molecular complexity index is 546. The molecule has 0 radical (unpaired) electrons. The van der Waals surface area contributed by atoms with Crippen LogP contribution in [0.4, 0.5) is 0 Å². The highest BCUT2D eigenvalue weighted by Crippen LogP contribution is 2.18. The predicted octanol–water partition coefficient (Wildman–Crippen LogP) is 2.09. The molecule has 0 aliphatic carbocycles. The minimum atomic E-state index is -1.04. The van der Waals surface area contributed by atoms with E-state index in [4.69, 9.17) is 5.11 Å². The van der Waals surface area contributed by atoms with Gasteiger partial charge in [0.05, 0.1) is 11.9 Å². The summed E-state index contributed by atoms with van der Waals surface area (Å²) in [5.41, 5.74) is 1.91. The first-order valence-corrected chi connectivity index (χ1v) is 5.34. The predicted molar refractivity (Wildman–Crippen MR) is 62.4 cm³/mol. The number of carbonyl (C=O) groups is 1. The molecule has 0 amide bonds. The van der Waals surface area contributed by atoms with Crippen molar-refractivity contribution < 1.29 is 9.90 Å². The van der Waals surface area contributed by atoms with Crippen molar-refractivity contribution in [1.82, 2.24) is 15.0 Å². The van der Waals surface area contributed by atoms with Gasteiger partial charge in [-0.3, -0.25) is 0 Å². The maximum absolute atomic E-state index is 11.0. The summed E-state index contributed by atoms with van der Waals surface area (Å²) in [6.45, 7) is 4.16. The minimum Gasteiger partial charge on any atom is -0.476 e. The summed E-state index contributed by atoms with van der Waals surface area (Å²) in [6.07, 6.45) is 1.24. The van der Waals surface area contributed by atoms with Gasteiger partial charge in [0.2, 0.25) is 0 Å². The highest BCUT2D eigenvalue weighted by Gasteiger charge is 2.13. The van der Waals surface area contributed by atoms with Gasteiger partial charge in [-0.15, -0.1) is 5.10 Å². The van der Waals surface area contributed by atoms with Crippen molar-refractivity contribution in [3.05, 3.63) is 41.7 Å². The Labute approximate surface area is 98.7 Å². The number of hydrogen-bond donors (Lipinski definition) is 1. The first kappa shape index (κ1) is 11.3. The fraction of sp³-hybridized carbons (Fsp3) is 0.250. The average molecular weight is 231 g/mol. The lowest BCUT2D eigenvalue weighted by Gasteiger charge is -2.08. The van der Waals surface area contributed by atoms with E-state index in [9.17, 15) is 4.79 Å². The summed E-state index contributed by atoms with van der Waals surface area (Å²) in [7, 11) is 0. The molecule has 1 N–H and O–H groups in total. The Morgan fingerprint density at radius 2 is 2.18 bits per heavy atom. The van der Waals surface area contributed by atoms with Gasteiger partial charge < -0.3 is 5.11 Å². The molecule has 0 bridgehead atoms. The molecule has 1 heterocycles. The second kappa shape index (κ2) is 4.37. The van der Waals surface area contributed by atoms with Gasteiger partial charge in [-0.1, -0.05) is 31.2 Å². The number of rotatable bonds is 3. The lowest BCUT2D eigenvalue weighted by atomic mass is 10.0. The van der Waals surface area contributed by atoms with Crippen LogP contribution in [0, 0.1) is 0 Å². The molecule has 0 saturated heterocycles. The van der Waals surface area contributed by atoms with Crippen LogP contribution in [0.25, 0.3) is 5.69 Å². The van der Waals surface area contributed by atoms with Crippen molar-refractivity contribution in [3.63, 3.8) is 0 Å². The van der Waals surface area contributed by atoms with Crippen LogP contribution >= 0.6 is 0 Å². The lowest BCUT2D eigenvalue weighted by molar-refractivity contribution is 0.0687. The minimum absolute atomic E-state index is 0.0610. The Balaban J connectivity index is 2.49. The quantitative estimate of drug-likeness (QED) is 0.878. The van der Waals surface area contributed by atoms with E-state index in [1.807, 2.05) is 24.3 Å². The molecule has 5 heteroatoms. The number of hydrogen-bond acceptors (Lipinski definition) is 3. The normalized spacial score (nSPS) is 10.8. The van der Waals surface area contributed by atoms with Crippen molar-refractivity contribution in [2.75, 3.05) is 0 Å². The third-order valence-corrected chi connectivity index (χ3v) is 2.55. The van der Waals surface area contributed by atoms with E-state index in [0.29, 0.717) is 11.6 Å². The molecule has 0 fully saturated rings. The molecule has 17 heavy (non-hydrogen) atoms. The molecule has 0 saturated carbocycles. The molecule has 5 nitrogen and oxygen atoms in total. The van der Waals surface area contributed by atoms with Crippen LogP contribution in [0.1, 0.15) is 35.8 Å². The fourth-order valence-corrected chi connectivity index (χ4v) is 1.59. The van der Waals surface area contributed by atoms with E-state index in [-0.39, 0.29) is 5.69 Å². The van der Waals surface area contributed by atoms with Gasteiger partial charge in [0.25, 0.3) is 0 Å². The van der Waals surface area contributed by atoms with Gasteiger partial charge >= 0.3 is 5.97 Å². The van der Waals surface area contributed by atoms with Crippen molar-refractivity contribution >= 4 is 5.97 Å². The van der Waals surface area contributed by atoms with Crippen molar-refractivity contribution in [3.8, 4) is 5.69 Å². The van der Waals surface area contributed by atoms with E-state index in [0.717, 1.165) is 5.56 Å². The monoisotopic (exact) mass is 231 g/mol. The Kier molecular flexibility index (Phi) is 2.91. The first-order valence-electron chi connectivity index (χ1n) is 5.34. The highest BCUT2D eigenvalue weighted by atomic mass is 16.4. The Morgan fingerprint density at radius 1 is 1.41 bits per heavy atom. The van der Waals surface area contributed by atoms with Gasteiger partial charge in [-0.05, 0) is 23.6 Å². The smallest absolute Gasteiger partial charge is 0.356 e. The average Bonchev–Trinajstić information content (AvgIpc) is 2.78. The molecule has 88 valence electrons. The van der Waals surface area contributed by atoms with Crippen LogP contribution in [0.15, 0.2) is 30.5 Å². The van der Waals surface area contributed by atoms with Crippen LogP contribution in [-0.4, -0.2) is 26.1 Å². The SMILES string of the molecule is CC(C)c1cccc(-n2nncc2C(=O)O)c1. The maximum Gasteiger partial charge on any atom is 0.356 e. The zero-order valence-electron chi connectivity index (χ0n) is 9.66. The van der Waals surface area contributed by atoms with Gasteiger partial charge in [0, 0.05) is 0 Å². The van der Waals surface area contributed by atoms with Crippen LogP contribution in [-0.2, 0) is 0 Å². The van der Waals surface area contributed by atoms with Crippen LogP contribution in [0.2, 0.25) is 0 Å². The molecule has 0 atom stereocenters. The van der Waals surface area contributed by atoms with Gasteiger partial charge in [0.15, 0.2) is 5.69 Å². The third-order valence-electron chi connectivity index (χ3n) is 2.55. The number of nitrogens with zero attached hydrogens (tertiary/aromatic N) is 3. The van der Waals surface area contributed by atoms with Gasteiger partial charge in [0.1, 0.15) is 0 Å². The maximum atomic E-state index is 11.0. The molecule has 0 spiro atoms. The summed E-state index contributed by atoms with van der Waals surface area (Å²) in [4.78, 5) is 11.0. The molecule has 2 aromatic rings. The molecule has 0 unspecified atom stereocenters. The highest BCUT2D eigenvalue weighted by molar-refractivity contribution is 5.85. The fourth-order valence-electron chi connectivity index (χ4n) is 1.59. The molecular formula is C12H13N3O2. The third kappa shape index (κ3) is 2.18. The molecular weight excluding hydrogens is 218 g/mol. The Hall–Kier alpha value is -2.17. The van der Waals surface area contributed by atoms with E-state index in [1.54, 1.807) is 0 Å². The molecule has 0 aliphatic heterocycles. The van der Waals surface area contributed by atoms with Crippen molar-refractivity contribution in [2.45, 2.75) is 19.8 Å². The van der Waals surface area contributed by atoms with Crippen LogP contribution in [0.5, 0.6) is 0 Å². The summed E-state index contributed by atoms with van der Waals surface area (Å²) >= 11 is 0. The van der Waals surface area contributed by atoms with E-state index in [2.05, 4.69) is 24.2 Å². The zero-order chi connectivity index (χ0) is 12.4. The van der Waals surface area contributed by atoms with Crippen LogP contribution < -0.4 is 0 Å². The number of carboxylic acids is 1. The van der Waals surface area contributed by atoms with Crippen molar-refractivity contribution in [2.24, 2.45) is 0 Å². The summed E-state index contributed by atoms with van der Waals surface area (Å²) < 4.78 is 1.33. The van der Waals surface area contributed by atoms with Crippen molar-refractivity contribution in [1.29, 1.82) is 0 Å². The number of benzene rings is 1. The second-order valence-corrected chi connectivity index (χ2v) is 4.09. The number of carboxylic acid groups (broad SMARTS) is 1. The van der Waals surface area contributed by atoms with E-state index >= 15 is 0 Å². The zero-order valence-corrected chi connectivity index (χ0v) is 9.66. The molecule has 0 aliphatic rings. The van der Waals surface area contributed by atoms with E-state index < -0.39 is 5.97 Å². The van der Waals surface area contributed by atoms with Gasteiger partial charge in [-0.25, -0.2) is 9.48 Å². The number of aromatic nitrogens is 3. The van der Waals surface area contributed by atoms with Crippen LogP contribution in [0.3, 0.4) is 0 Å². The second-order valence-electron chi connectivity index (χ2n) is 4.09. The largest absolute Gasteiger partial charge is 0.476 e. The Morgan fingerprint density at radius 3 is 2.82 bits per heavy atom. The van der Waals surface area contributed by atoms with Gasteiger partial charge in [-0.2, -0.15) is 0 Å². The summed E-state index contributed by atoms with van der Waals surface area (Å²) in [5.74, 6) is -0.656. The topological polar surface area (TPSA) is 68.0 Å². The molecule has 1 aromatic heterocycles. The first-order chi connectivity index (χ1) is 8.09. The molecule has 1 aromatic carbocycles. The summed E-state index contributed by atoms with van der Waals surface area (Å²) in [6, 6.07) is 7.63. The van der Waals surface area contributed by atoms with E-state index in [1.165, 1.54) is 10.9 Å². The summed E-state index contributed by atoms with van der Waals surface area (Å²) in [5, 5.41) is 16.4. The lowest BCUT2D eigenvalue weighted by Crippen LogP contribution is -2.08. The standard InChI is InChI=1S/C12H13N3O2/c1-8(2)9-4-3-5-10(6-9)15-11(12(16)17)7-13-14-15/h3-8H,1-2H3,(H,16,17). The number of aromatic carboxylic acids is 1. The molecule has 2 rings (SSSR count).